The van der Waals surface area contributed by atoms with Gasteiger partial charge < -0.3 is 0 Å². The van der Waals surface area contributed by atoms with E-state index in [1.165, 1.54) is 23.3 Å². The molecule has 0 atom stereocenters. The topological polar surface area (TPSA) is 0 Å². The summed E-state index contributed by atoms with van der Waals surface area (Å²) < 4.78 is 1.26. The Balaban J connectivity index is 2.58. The van der Waals surface area contributed by atoms with Crippen molar-refractivity contribution in [2.75, 3.05) is 0 Å². The van der Waals surface area contributed by atoms with Crippen LogP contribution in [0.4, 0.5) is 0 Å². The molecular formula is C8H11Cl2Pd. The van der Waals surface area contributed by atoms with Gasteiger partial charge in [0, 0.05) is 0 Å². The molecule has 0 aromatic carbocycles. The van der Waals surface area contributed by atoms with E-state index in [1.54, 1.807) is 0 Å². The van der Waals surface area contributed by atoms with Gasteiger partial charge in [-0.2, -0.15) is 0 Å². The summed E-state index contributed by atoms with van der Waals surface area (Å²) in [5.74, 6) is 0. The zero-order valence-electron chi connectivity index (χ0n) is 6.13. The van der Waals surface area contributed by atoms with Crippen molar-refractivity contribution in [3.8, 4) is 0 Å². The zero-order chi connectivity index (χ0) is 8.10. The van der Waals surface area contributed by atoms with E-state index in [4.69, 9.17) is 19.1 Å². The standard InChI is InChI=1S/C8H11.2ClH.Pd/c1-2-4-6-8-7-5-3-1;;;/h1-3H,4,6-8H2;2*1H;/q;;;+2/p-2. The second-order valence-electron chi connectivity index (χ2n) is 2.41. The van der Waals surface area contributed by atoms with E-state index in [2.05, 4.69) is 18.2 Å². The molecule has 0 fully saturated rings. The van der Waals surface area contributed by atoms with Crippen LogP contribution in [0.1, 0.15) is 25.7 Å². The van der Waals surface area contributed by atoms with Gasteiger partial charge in [0.25, 0.3) is 0 Å². The van der Waals surface area contributed by atoms with Crippen LogP contribution in [-0.2, 0) is 14.7 Å². The van der Waals surface area contributed by atoms with Gasteiger partial charge in [-0.1, -0.05) is 0 Å². The Labute approximate surface area is 81.5 Å². The predicted molar refractivity (Wildman–Crippen MR) is 47.4 cm³/mol. The van der Waals surface area contributed by atoms with E-state index in [0.29, 0.717) is 0 Å². The van der Waals surface area contributed by atoms with Crippen molar-refractivity contribution in [1.29, 1.82) is 0 Å². The van der Waals surface area contributed by atoms with Gasteiger partial charge >= 0.3 is 81.7 Å². The van der Waals surface area contributed by atoms with Crippen LogP contribution in [0.25, 0.3) is 0 Å². The van der Waals surface area contributed by atoms with E-state index in [-0.39, 0.29) is 0 Å². The van der Waals surface area contributed by atoms with Crippen LogP contribution in [0.2, 0.25) is 0 Å². The van der Waals surface area contributed by atoms with Gasteiger partial charge in [-0.25, -0.2) is 0 Å². The van der Waals surface area contributed by atoms with Crippen LogP contribution in [0.15, 0.2) is 22.3 Å². The van der Waals surface area contributed by atoms with Crippen molar-refractivity contribution >= 4 is 19.1 Å². The first-order valence-electron chi connectivity index (χ1n) is 3.61. The molecule has 0 bridgehead atoms. The van der Waals surface area contributed by atoms with Crippen LogP contribution in [0.3, 0.4) is 0 Å². The van der Waals surface area contributed by atoms with Crippen molar-refractivity contribution in [3.63, 3.8) is 0 Å². The SMILES string of the molecule is [Cl][Pd]([Cl])[C]1=CC=CCCCC1. The van der Waals surface area contributed by atoms with Crippen LogP contribution in [0.5, 0.6) is 0 Å². The Morgan fingerprint density at radius 1 is 1.27 bits per heavy atom. The summed E-state index contributed by atoms with van der Waals surface area (Å²) >= 11 is -1.35. The fourth-order valence-corrected chi connectivity index (χ4v) is 3.08. The summed E-state index contributed by atoms with van der Waals surface area (Å²) in [5, 5.41) is 0. The second-order valence-corrected chi connectivity index (χ2v) is 7.77. The molecule has 0 amide bonds. The summed E-state index contributed by atoms with van der Waals surface area (Å²) in [6.45, 7) is 0. The number of halogens is 2. The molecule has 0 nitrogen and oxygen atoms in total. The molecule has 0 saturated carbocycles. The Hall–Kier alpha value is 0.722. The number of hydrogen-bond donors (Lipinski definition) is 0. The van der Waals surface area contributed by atoms with Crippen molar-refractivity contribution in [2.45, 2.75) is 25.7 Å². The molecule has 1 rings (SSSR count). The summed E-state index contributed by atoms with van der Waals surface area (Å²) in [6, 6.07) is 0. The van der Waals surface area contributed by atoms with Gasteiger partial charge in [0.15, 0.2) is 0 Å². The molecule has 1 aliphatic rings. The molecule has 0 spiro atoms. The first-order valence-corrected chi connectivity index (χ1v) is 8.40. The Morgan fingerprint density at radius 2 is 2.09 bits per heavy atom. The van der Waals surface area contributed by atoms with E-state index in [0.717, 1.165) is 6.42 Å². The van der Waals surface area contributed by atoms with Crippen molar-refractivity contribution in [2.24, 2.45) is 0 Å². The first kappa shape index (κ1) is 9.81. The molecule has 67 valence electrons. The molecule has 1 aliphatic carbocycles. The zero-order valence-corrected chi connectivity index (χ0v) is 9.20. The van der Waals surface area contributed by atoms with Crippen LogP contribution in [-0.4, -0.2) is 0 Å². The van der Waals surface area contributed by atoms with Gasteiger partial charge in [0.2, 0.25) is 0 Å². The molecule has 0 radical (unpaired) electrons. The summed E-state index contributed by atoms with van der Waals surface area (Å²) in [7, 11) is 11.7. The van der Waals surface area contributed by atoms with Crippen LogP contribution in [0, 0.1) is 0 Å². The van der Waals surface area contributed by atoms with E-state index >= 15 is 0 Å². The minimum atomic E-state index is -1.35. The normalized spacial score (nSPS) is 20.2. The van der Waals surface area contributed by atoms with Gasteiger partial charge in [-0.3, -0.25) is 0 Å². The number of hydrogen-bond acceptors (Lipinski definition) is 0. The molecule has 0 saturated heterocycles. The molecule has 0 aromatic heterocycles. The predicted octanol–water partition coefficient (Wildman–Crippen LogP) is 3.93. The molecule has 0 N–H and O–H groups in total. The fraction of sp³-hybridized carbons (Fsp3) is 0.500. The molecular weight excluding hydrogens is 273 g/mol. The second kappa shape index (κ2) is 5.38. The van der Waals surface area contributed by atoms with Gasteiger partial charge in [0.1, 0.15) is 0 Å². The van der Waals surface area contributed by atoms with Gasteiger partial charge in [0.05, 0.1) is 0 Å². The molecule has 0 aliphatic heterocycles. The fourth-order valence-electron chi connectivity index (χ4n) is 0.991. The van der Waals surface area contributed by atoms with Crippen LogP contribution >= 0.6 is 19.1 Å². The Bertz CT molecular complexity index is 173. The van der Waals surface area contributed by atoms with Crippen molar-refractivity contribution < 1.29 is 14.7 Å². The van der Waals surface area contributed by atoms with E-state index < -0.39 is 14.7 Å². The average Bonchev–Trinajstić information content (AvgIpc) is 1.84. The maximum atomic E-state index is 5.86. The first-order chi connectivity index (χ1) is 5.30. The third-order valence-electron chi connectivity index (χ3n) is 1.58. The quantitative estimate of drug-likeness (QED) is 0.640. The number of allylic oxidation sites excluding steroid dienone is 4. The third-order valence-corrected chi connectivity index (χ3v) is 4.80. The number of rotatable bonds is 1. The van der Waals surface area contributed by atoms with E-state index in [1.807, 2.05) is 0 Å². The van der Waals surface area contributed by atoms with Crippen molar-refractivity contribution in [3.05, 3.63) is 22.3 Å². The van der Waals surface area contributed by atoms with Crippen molar-refractivity contribution in [1.82, 2.24) is 0 Å². The minimum absolute atomic E-state index is 1.10. The van der Waals surface area contributed by atoms with Gasteiger partial charge in [-0.05, 0) is 0 Å². The summed E-state index contributed by atoms with van der Waals surface area (Å²) in [5.41, 5.74) is 0. The Morgan fingerprint density at radius 3 is 2.82 bits per heavy atom. The summed E-state index contributed by atoms with van der Waals surface area (Å²) in [4.78, 5) is 0. The maximum absolute atomic E-state index is 5.86. The molecule has 3 heteroatoms. The molecule has 0 unspecified atom stereocenters. The van der Waals surface area contributed by atoms with E-state index in [9.17, 15) is 0 Å². The monoisotopic (exact) mass is 283 g/mol. The molecule has 0 aromatic rings. The van der Waals surface area contributed by atoms with Crippen LogP contribution < -0.4 is 0 Å². The Kier molecular flexibility index (Phi) is 4.80. The van der Waals surface area contributed by atoms with Gasteiger partial charge in [-0.15, -0.1) is 0 Å². The molecule has 11 heavy (non-hydrogen) atoms. The molecule has 0 heterocycles. The third kappa shape index (κ3) is 3.76. The average molecular weight is 285 g/mol. The summed E-state index contributed by atoms with van der Waals surface area (Å²) in [6.07, 6.45) is 11.1.